The second-order valence-electron chi connectivity index (χ2n) is 7.23. The van der Waals surface area contributed by atoms with Crippen LogP contribution in [0.4, 0.5) is 0 Å². The van der Waals surface area contributed by atoms with E-state index in [1.807, 2.05) is 42.5 Å². The molecule has 3 aromatic rings. The van der Waals surface area contributed by atoms with E-state index >= 15 is 0 Å². The lowest BCUT2D eigenvalue weighted by atomic mass is 9.95. The molecule has 1 fully saturated rings. The number of halogens is 1. The molecule has 1 aliphatic carbocycles. The molecule has 0 unspecified atom stereocenters. The minimum atomic E-state index is 0.601. The lowest BCUT2D eigenvalue weighted by Gasteiger charge is -2.22. The number of hydrogen-bond donors (Lipinski definition) is 1. The fourth-order valence-electron chi connectivity index (χ4n) is 3.69. The second-order valence-corrected chi connectivity index (χ2v) is 7.67. The molecule has 0 spiro atoms. The molecule has 4 nitrogen and oxygen atoms in total. The van der Waals surface area contributed by atoms with Crippen molar-refractivity contribution in [1.29, 1.82) is 0 Å². The Balaban J connectivity index is 1.55. The van der Waals surface area contributed by atoms with Crippen LogP contribution in [0, 0.1) is 0 Å². The largest absolute Gasteiger partial charge is 0.308 e. The number of nitrogens with one attached hydrogen (secondary N) is 1. The first-order valence-corrected chi connectivity index (χ1v) is 10.1. The van der Waals surface area contributed by atoms with Gasteiger partial charge in [0.25, 0.3) is 0 Å². The van der Waals surface area contributed by atoms with Gasteiger partial charge in [0, 0.05) is 23.2 Å². The van der Waals surface area contributed by atoms with Gasteiger partial charge in [-0.05, 0) is 30.5 Å². The summed E-state index contributed by atoms with van der Waals surface area (Å²) in [7, 11) is 0. The standard InChI is InChI=1S/C22H25ClN4/c23-19-13-11-17(12-14-19)16-27-25-21(15-24-20-9-5-2-6-10-20)22(26-27)18-7-3-1-4-8-18/h1,3-4,7-8,11-14,20,24H,2,5-6,9-10,15-16H2. The van der Waals surface area contributed by atoms with E-state index in [1.165, 1.54) is 32.1 Å². The molecule has 1 aliphatic rings. The maximum Gasteiger partial charge on any atom is 0.117 e. The molecule has 2 aromatic carbocycles. The summed E-state index contributed by atoms with van der Waals surface area (Å²) in [6.07, 6.45) is 6.54. The third-order valence-electron chi connectivity index (χ3n) is 5.17. The van der Waals surface area contributed by atoms with Gasteiger partial charge in [-0.1, -0.05) is 73.3 Å². The number of nitrogens with zero attached hydrogens (tertiary/aromatic N) is 3. The summed E-state index contributed by atoms with van der Waals surface area (Å²) in [5, 5.41) is 14.0. The molecule has 27 heavy (non-hydrogen) atoms. The smallest absolute Gasteiger partial charge is 0.117 e. The van der Waals surface area contributed by atoms with Gasteiger partial charge in [0.05, 0.1) is 6.54 Å². The van der Waals surface area contributed by atoms with Gasteiger partial charge in [-0.15, -0.1) is 0 Å². The minimum Gasteiger partial charge on any atom is -0.308 e. The molecule has 1 aromatic heterocycles. The minimum absolute atomic E-state index is 0.601. The Kier molecular flexibility index (Phi) is 5.85. The predicted octanol–water partition coefficient (Wildman–Crippen LogP) is 5.07. The van der Waals surface area contributed by atoms with Gasteiger partial charge in [0.2, 0.25) is 0 Å². The SMILES string of the molecule is Clc1ccc(Cn2nc(CNC3CCCCC3)c(-c3ccccc3)n2)cc1. The summed E-state index contributed by atoms with van der Waals surface area (Å²) in [4.78, 5) is 1.80. The van der Waals surface area contributed by atoms with Gasteiger partial charge < -0.3 is 5.32 Å². The maximum absolute atomic E-state index is 5.99. The van der Waals surface area contributed by atoms with Crippen LogP contribution in [0.2, 0.25) is 5.02 Å². The van der Waals surface area contributed by atoms with E-state index in [0.717, 1.165) is 34.1 Å². The molecule has 0 radical (unpaired) electrons. The third kappa shape index (κ3) is 4.76. The van der Waals surface area contributed by atoms with Crippen LogP contribution >= 0.6 is 11.6 Å². The van der Waals surface area contributed by atoms with Crippen molar-refractivity contribution in [2.24, 2.45) is 0 Å². The third-order valence-corrected chi connectivity index (χ3v) is 5.42. The molecule has 140 valence electrons. The highest BCUT2D eigenvalue weighted by molar-refractivity contribution is 6.30. The van der Waals surface area contributed by atoms with E-state index in [9.17, 15) is 0 Å². The Morgan fingerprint density at radius 2 is 1.67 bits per heavy atom. The van der Waals surface area contributed by atoms with Crippen LogP contribution in [0.5, 0.6) is 0 Å². The zero-order chi connectivity index (χ0) is 18.5. The zero-order valence-electron chi connectivity index (χ0n) is 15.4. The Hall–Kier alpha value is -2.17. The molecule has 5 heteroatoms. The van der Waals surface area contributed by atoms with Crippen LogP contribution in [0.3, 0.4) is 0 Å². The van der Waals surface area contributed by atoms with Crippen molar-refractivity contribution in [3.63, 3.8) is 0 Å². The molecule has 1 saturated carbocycles. The van der Waals surface area contributed by atoms with Gasteiger partial charge in [-0.3, -0.25) is 0 Å². The van der Waals surface area contributed by atoms with Crippen molar-refractivity contribution in [3.05, 3.63) is 70.9 Å². The van der Waals surface area contributed by atoms with Crippen molar-refractivity contribution < 1.29 is 0 Å². The molecule has 0 saturated heterocycles. The summed E-state index contributed by atoms with van der Waals surface area (Å²) in [5.74, 6) is 0. The fourth-order valence-corrected chi connectivity index (χ4v) is 3.82. The van der Waals surface area contributed by atoms with E-state index < -0.39 is 0 Å². The van der Waals surface area contributed by atoms with Gasteiger partial charge in [0.15, 0.2) is 0 Å². The summed E-state index contributed by atoms with van der Waals surface area (Å²) >= 11 is 5.99. The van der Waals surface area contributed by atoms with E-state index in [2.05, 4.69) is 17.4 Å². The topological polar surface area (TPSA) is 42.7 Å². The van der Waals surface area contributed by atoms with E-state index in [0.29, 0.717) is 12.6 Å². The van der Waals surface area contributed by atoms with Crippen LogP contribution < -0.4 is 5.32 Å². The van der Waals surface area contributed by atoms with Crippen LogP contribution in [0.1, 0.15) is 43.4 Å². The molecule has 0 amide bonds. The first-order valence-electron chi connectivity index (χ1n) is 9.75. The molecular formula is C22H25ClN4. The molecule has 1 heterocycles. The zero-order valence-corrected chi connectivity index (χ0v) is 16.2. The average Bonchev–Trinajstić information content (AvgIpc) is 3.12. The molecule has 1 N–H and O–H groups in total. The fraction of sp³-hybridized carbons (Fsp3) is 0.364. The van der Waals surface area contributed by atoms with E-state index in [1.54, 1.807) is 4.80 Å². The number of rotatable bonds is 6. The monoisotopic (exact) mass is 380 g/mol. The maximum atomic E-state index is 5.99. The number of aromatic nitrogens is 3. The first kappa shape index (κ1) is 18.2. The Bertz CT molecular complexity index is 852. The van der Waals surface area contributed by atoms with E-state index in [-0.39, 0.29) is 0 Å². The van der Waals surface area contributed by atoms with Crippen LogP contribution in [0.15, 0.2) is 54.6 Å². The van der Waals surface area contributed by atoms with Gasteiger partial charge in [-0.2, -0.15) is 15.0 Å². The highest BCUT2D eigenvalue weighted by Crippen LogP contribution is 2.22. The number of benzene rings is 2. The summed E-state index contributed by atoms with van der Waals surface area (Å²) in [5.41, 5.74) is 4.23. The molecule has 4 rings (SSSR count). The van der Waals surface area contributed by atoms with Gasteiger partial charge in [0.1, 0.15) is 11.4 Å². The predicted molar refractivity (Wildman–Crippen MR) is 110 cm³/mol. The Labute approximate surface area is 165 Å². The first-order chi connectivity index (χ1) is 13.3. The second kappa shape index (κ2) is 8.68. The van der Waals surface area contributed by atoms with Crippen LogP contribution in [0.25, 0.3) is 11.3 Å². The Morgan fingerprint density at radius 3 is 2.41 bits per heavy atom. The molecule has 0 bridgehead atoms. The summed E-state index contributed by atoms with van der Waals surface area (Å²) < 4.78 is 0. The lowest BCUT2D eigenvalue weighted by molar-refractivity contribution is 0.370. The normalized spacial score (nSPS) is 15.1. The quantitative estimate of drug-likeness (QED) is 0.649. The summed E-state index contributed by atoms with van der Waals surface area (Å²) in [6.45, 7) is 1.40. The molecule has 0 aliphatic heterocycles. The van der Waals surface area contributed by atoms with Gasteiger partial charge >= 0.3 is 0 Å². The van der Waals surface area contributed by atoms with E-state index in [4.69, 9.17) is 21.8 Å². The van der Waals surface area contributed by atoms with Crippen molar-refractivity contribution in [2.45, 2.75) is 51.2 Å². The Morgan fingerprint density at radius 1 is 0.926 bits per heavy atom. The van der Waals surface area contributed by atoms with Crippen LogP contribution in [-0.4, -0.2) is 21.0 Å². The number of hydrogen-bond acceptors (Lipinski definition) is 3. The van der Waals surface area contributed by atoms with Crippen molar-refractivity contribution in [3.8, 4) is 11.3 Å². The highest BCUT2D eigenvalue weighted by Gasteiger charge is 2.17. The summed E-state index contributed by atoms with van der Waals surface area (Å²) in [6, 6.07) is 18.8. The van der Waals surface area contributed by atoms with Crippen LogP contribution in [-0.2, 0) is 13.1 Å². The lowest BCUT2D eigenvalue weighted by Crippen LogP contribution is -2.30. The molecule has 0 atom stereocenters. The average molecular weight is 381 g/mol. The van der Waals surface area contributed by atoms with Crippen molar-refractivity contribution >= 4 is 11.6 Å². The van der Waals surface area contributed by atoms with Gasteiger partial charge in [-0.25, -0.2) is 0 Å². The molecular weight excluding hydrogens is 356 g/mol. The highest BCUT2D eigenvalue weighted by atomic mass is 35.5. The van der Waals surface area contributed by atoms with Crippen molar-refractivity contribution in [2.75, 3.05) is 0 Å². The van der Waals surface area contributed by atoms with Crippen molar-refractivity contribution in [1.82, 2.24) is 20.3 Å².